The van der Waals surface area contributed by atoms with Gasteiger partial charge in [-0.3, -0.25) is 9.59 Å². The first-order chi connectivity index (χ1) is 10.8. The van der Waals surface area contributed by atoms with Crippen LogP contribution in [0.2, 0.25) is 0 Å². The third kappa shape index (κ3) is 2.08. The predicted molar refractivity (Wildman–Crippen MR) is 87.7 cm³/mol. The molecule has 0 aromatic heterocycles. The van der Waals surface area contributed by atoms with Crippen molar-refractivity contribution in [1.29, 1.82) is 0 Å². The van der Waals surface area contributed by atoms with Crippen LogP contribution in [-0.2, 0) is 9.59 Å². The molecule has 4 aliphatic rings. The molecule has 23 heavy (non-hydrogen) atoms. The summed E-state index contributed by atoms with van der Waals surface area (Å²) in [6.45, 7) is 4.64. The molecule has 2 fully saturated rings. The van der Waals surface area contributed by atoms with Crippen LogP contribution in [0, 0.1) is 34.5 Å². The fraction of sp³-hybridized carbons (Fsp3) is 0.700. The highest BCUT2D eigenvalue weighted by Crippen LogP contribution is 2.64. The number of carbonyl (C=O) groups excluding carboxylic acids is 1. The van der Waals surface area contributed by atoms with E-state index in [-0.39, 0.29) is 22.5 Å². The number of rotatable bonds is 1. The number of allylic oxidation sites excluding steroid dienone is 4. The molecule has 3 heteroatoms. The maximum Gasteiger partial charge on any atom is 0.306 e. The SMILES string of the molecule is C[C@]12CC[C@H]3[C@@H](C=CC4=CC(=O)CC[C@@]43C)[C@@H]1C[C@@H](C(=O)O)C2. The number of carbonyl (C=O) groups is 2. The van der Waals surface area contributed by atoms with Crippen molar-refractivity contribution < 1.29 is 14.7 Å². The molecule has 0 bridgehead atoms. The lowest BCUT2D eigenvalue weighted by molar-refractivity contribution is -0.141. The summed E-state index contributed by atoms with van der Waals surface area (Å²) in [5.74, 6) is 0.996. The molecule has 1 N–H and O–H groups in total. The molecule has 4 aliphatic carbocycles. The summed E-state index contributed by atoms with van der Waals surface area (Å²) in [6, 6.07) is 0. The molecule has 0 unspecified atom stereocenters. The lowest BCUT2D eigenvalue weighted by Crippen LogP contribution is -2.47. The average Bonchev–Trinajstić information content (AvgIpc) is 2.86. The summed E-state index contributed by atoms with van der Waals surface area (Å²) in [4.78, 5) is 23.3. The van der Waals surface area contributed by atoms with Crippen LogP contribution < -0.4 is 0 Å². The summed E-state index contributed by atoms with van der Waals surface area (Å²) in [5.41, 5.74) is 1.50. The van der Waals surface area contributed by atoms with Crippen LogP contribution in [-0.4, -0.2) is 16.9 Å². The number of fused-ring (bicyclic) bond motifs is 5. The maximum atomic E-state index is 11.8. The number of hydrogen-bond donors (Lipinski definition) is 1. The molecule has 0 radical (unpaired) electrons. The van der Waals surface area contributed by atoms with Crippen molar-refractivity contribution in [3.8, 4) is 0 Å². The fourth-order valence-corrected chi connectivity index (χ4v) is 6.25. The van der Waals surface area contributed by atoms with E-state index in [9.17, 15) is 14.7 Å². The topological polar surface area (TPSA) is 54.4 Å². The molecule has 0 aliphatic heterocycles. The van der Waals surface area contributed by atoms with E-state index in [0.717, 1.165) is 32.1 Å². The van der Waals surface area contributed by atoms with Gasteiger partial charge in [-0.1, -0.05) is 26.0 Å². The fourth-order valence-electron chi connectivity index (χ4n) is 6.25. The van der Waals surface area contributed by atoms with E-state index in [1.807, 2.05) is 6.08 Å². The van der Waals surface area contributed by atoms with Gasteiger partial charge >= 0.3 is 5.97 Å². The van der Waals surface area contributed by atoms with Crippen molar-refractivity contribution in [3.63, 3.8) is 0 Å². The first-order valence-corrected chi connectivity index (χ1v) is 8.99. The van der Waals surface area contributed by atoms with Crippen molar-refractivity contribution in [2.45, 2.75) is 52.4 Å². The van der Waals surface area contributed by atoms with Crippen molar-refractivity contribution in [3.05, 3.63) is 23.8 Å². The minimum absolute atomic E-state index is 0.107. The first kappa shape index (κ1) is 15.2. The quantitative estimate of drug-likeness (QED) is 0.796. The summed E-state index contributed by atoms with van der Waals surface area (Å²) in [5, 5.41) is 9.47. The number of hydrogen-bond acceptors (Lipinski definition) is 2. The van der Waals surface area contributed by atoms with Gasteiger partial charge in [-0.2, -0.15) is 0 Å². The van der Waals surface area contributed by atoms with Crippen LogP contribution in [0.5, 0.6) is 0 Å². The molecule has 0 heterocycles. The van der Waals surface area contributed by atoms with Crippen LogP contribution in [0.4, 0.5) is 0 Å². The third-order valence-corrected chi connectivity index (χ3v) is 7.63. The van der Waals surface area contributed by atoms with Gasteiger partial charge in [0.15, 0.2) is 5.78 Å². The van der Waals surface area contributed by atoms with E-state index < -0.39 is 5.97 Å². The van der Waals surface area contributed by atoms with Gasteiger partial charge in [-0.15, -0.1) is 0 Å². The molecule has 6 atom stereocenters. The van der Waals surface area contributed by atoms with Crippen molar-refractivity contribution in [2.24, 2.45) is 34.5 Å². The van der Waals surface area contributed by atoms with E-state index >= 15 is 0 Å². The minimum Gasteiger partial charge on any atom is -0.481 e. The smallest absolute Gasteiger partial charge is 0.306 e. The number of carboxylic acids is 1. The number of ketones is 1. The van der Waals surface area contributed by atoms with Gasteiger partial charge in [0.05, 0.1) is 5.92 Å². The zero-order chi connectivity index (χ0) is 16.4. The van der Waals surface area contributed by atoms with Gasteiger partial charge in [0.1, 0.15) is 0 Å². The van der Waals surface area contributed by atoms with Gasteiger partial charge < -0.3 is 5.11 Å². The monoisotopic (exact) mass is 314 g/mol. The zero-order valence-corrected chi connectivity index (χ0v) is 14.0. The lowest BCUT2D eigenvalue weighted by atomic mass is 9.49. The Labute approximate surface area is 137 Å². The Morgan fingerprint density at radius 3 is 2.78 bits per heavy atom. The molecule has 0 amide bonds. The Kier molecular flexibility index (Phi) is 3.17. The largest absolute Gasteiger partial charge is 0.481 e. The molecular weight excluding hydrogens is 288 g/mol. The van der Waals surface area contributed by atoms with Crippen LogP contribution in [0.1, 0.15) is 52.4 Å². The van der Waals surface area contributed by atoms with Crippen LogP contribution in [0.25, 0.3) is 0 Å². The Morgan fingerprint density at radius 2 is 2.04 bits per heavy atom. The van der Waals surface area contributed by atoms with E-state index in [0.29, 0.717) is 24.2 Å². The Balaban J connectivity index is 1.71. The Morgan fingerprint density at radius 1 is 1.26 bits per heavy atom. The maximum absolute atomic E-state index is 11.8. The highest BCUT2D eigenvalue weighted by molar-refractivity contribution is 5.92. The average molecular weight is 314 g/mol. The summed E-state index contributed by atoms with van der Waals surface area (Å²) >= 11 is 0. The highest BCUT2D eigenvalue weighted by atomic mass is 16.4. The molecule has 2 saturated carbocycles. The third-order valence-electron chi connectivity index (χ3n) is 7.63. The predicted octanol–water partition coefficient (Wildman–Crippen LogP) is 4.00. The molecule has 0 aromatic carbocycles. The summed E-state index contributed by atoms with van der Waals surface area (Å²) < 4.78 is 0. The molecular formula is C20H26O3. The minimum atomic E-state index is -0.618. The lowest BCUT2D eigenvalue weighted by Gasteiger charge is -2.55. The standard InChI is InChI=1S/C20H26O3/c1-19-7-6-16-15(17(19)9-12(11-19)18(22)23)4-3-13-10-14(21)5-8-20(13,16)2/h3-4,10,12,15-17H,5-9,11H2,1-2H3,(H,22,23)/t12-,15-,16+,17+,19-,20+/m1/s1. The second-order valence-corrected chi connectivity index (χ2v) is 8.80. The van der Waals surface area contributed by atoms with Crippen LogP contribution in [0.3, 0.4) is 0 Å². The molecule has 0 saturated heterocycles. The van der Waals surface area contributed by atoms with Gasteiger partial charge in [0, 0.05) is 6.42 Å². The first-order valence-electron chi connectivity index (χ1n) is 8.99. The molecule has 3 nitrogen and oxygen atoms in total. The van der Waals surface area contributed by atoms with Gasteiger partial charge in [-0.25, -0.2) is 0 Å². The van der Waals surface area contributed by atoms with Crippen LogP contribution >= 0.6 is 0 Å². The van der Waals surface area contributed by atoms with E-state index in [2.05, 4.69) is 26.0 Å². The second-order valence-electron chi connectivity index (χ2n) is 8.80. The molecule has 0 spiro atoms. The van der Waals surface area contributed by atoms with E-state index in [1.54, 1.807) is 0 Å². The van der Waals surface area contributed by atoms with E-state index in [1.165, 1.54) is 5.57 Å². The van der Waals surface area contributed by atoms with Crippen molar-refractivity contribution in [1.82, 2.24) is 0 Å². The summed E-state index contributed by atoms with van der Waals surface area (Å²) in [7, 11) is 0. The highest BCUT2D eigenvalue weighted by Gasteiger charge is 2.57. The summed E-state index contributed by atoms with van der Waals surface area (Å²) in [6.07, 6.45) is 11.9. The zero-order valence-electron chi connectivity index (χ0n) is 14.0. The number of aliphatic carboxylic acids is 1. The molecule has 124 valence electrons. The van der Waals surface area contributed by atoms with Gasteiger partial charge in [-0.05, 0) is 72.3 Å². The Hall–Kier alpha value is -1.38. The van der Waals surface area contributed by atoms with Crippen LogP contribution in [0.15, 0.2) is 23.8 Å². The Bertz CT molecular complexity index is 631. The second kappa shape index (κ2) is 4.81. The van der Waals surface area contributed by atoms with Gasteiger partial charge in [0.25, 0.3) is 0 Å². The normalized spacial score (nSPS) is 48.3. The van der Waals surface area contributed by atoms with Gasteiger partial charge in [0.2, 0.25) is 0 Å². The van der Waals surface area contributed by atoms with Crippen molar-refractivity contribution in [2.75, 3.05) is 0 Å². The number of carboxylic acid groups (broad SMARTS) is 1. The molecule has 0 aromatic rings. The van der Waals surface area contributed by atoms with E-state index in [4.69, 9.17) is 0 Å². The molecule has 4 rings (SSSR count). The van der Waals surface area contributed by atoms with Crippen molar-refractivity contribution >= 4 is 11.8 Å².